The van der Waals surface area contributed by atoms with Crippen LogP contribution in [-0.2, 0) is 29.0 Å². The summed E-state index contributed by atoms with van der Waals surface area (Å²) in [4.78, 5) is 69.1. The summed E-state index contributed by atoms with van der Waals surface area (Å²) in [7, 11) is -3.57. The Morgan fingerprint density at radius 1 is 0.980 bits per heavy atom. The zero-order valence-electron chi connectivity index (χ0n) is 30.6. The van der Waals surface area contributed by atoms with E-state index in [1.165, 1.54) is 4.90 Å². The number of carbonyl (C=O) groups is 5. The van der Waals surface area contributed by atoms with Crippen molar-refractivity contribution in [3.63, 3.8) is 0 Å². The molecule has 0 spiro atoms. The number of urea groups is 1. The lowest BCUT2D eigenvalue weighted by molar-refractivity contribution is -0.144. The summed E-state index contributed by atoms with van der Waals surface area (Å²) in [5, 5.41) is 11.3. The van der Waals surface area contributed by atoms with Crippen LogP contribution in [0.15, 0.2) is 0 Å². The van der Waals surface area contributed by atoms with E-state index in [1.54, 1.807) is 41.5 Å². The molecule has 0 aromatic heterocycles. The molecule has 3 fully saturated rings. The number of ketones is 1. The van der Waals surface area contributed by atoms with Gasteiger partial charge in [-0.05, 0) is 70.6 Å². The number of hydrogen-bond acceptors (Lipinski definition) is 7. The molecule has 0 radical (unpaired) electrons. The molecular weight excluding hydrogens is 646 g/mol. The van der Waals surface area contributed by atoms with Crippen LogP contribution < -0.4 is 21.3 Å². The van der Waals surface area contributed by atoms with Crippen molar-refractivity contribution in [1.82, 2.24) is 26.2 Å². The number of likely N-dealkylation sites (tertiary alicyclic amines) is 1. The molecule has 5 amide bonds. The number of amides is 5. The predicted molar refractivity (Wildman–Crippen MR) is 189 cm³/mol. The highest BCUT2D eigenvalue weighted by atomic mass is 32.2. The number of nitrogens with one attached hydrogen (secondary N) is 4. The first-order chi connectivity index (χ1) is 22.7. The van der Waals surface area contributed by atoms with E-state index in [-0.39, 0.29) is 37.1 Å². The van der Waals surface area contributed by atoms with Gasteiger partial charge in [-0.15, -0.1) is 12.3 Å². The van der Waals surface area contributed by atoms with Crippen LogP contribution in [0.5, 0.6) is 0 Å². The molecule has 2 aliphatic carbocycles. The average molecular weight is 706 g/mol. The third-order valence-corrected chi connectivity index (χ3v) is 12.8. The third-order valence-electron chi connectivity index (χ3n) is 9.97. The van der Waals surface area contributed by atoms with Crippen molar-refractivity contribution in [2.24, 2.45) is 11.3 Å². The van der Waals surface area contributed by atoms with Gasteiger partial charge in [0, 0.05) is 19.0 Å². The van der Waals surface area contributed by atoms with E-state index < -0.39 is 73.2 Å². The lowest BCUT2D eigenvalue weighted by atomic mass is 9.83. The summed E-state index contributed by atoms with van der Waals surface area (Å²) in [6, 6.07) is -3.74. The van der Waals surface area contributed by atoms with Gasteiger partial charge in [0.2, 0.25) is 17.6 Å². The Bertz CT molecular complexity index is 1380. The van der Waals surface area contributed by atoms with Crippen molar-refractivity contribution in [3.05, 3.63) is 0 Å². The largest absolute Gasteiger partial charge is 0.347 e. The van der Waals surface area contributed by atoms with E-state index >= 15 is 0 Å². The van der Waals surface area contributed by atoms with Gasteiger partial charge in [-0.1, -0.05) is 59.8 Å². The highest BCUT2D eigenvalue weighted by Crippen LogP contribution is 2.34. The lowest BCUT2D eigenvalue weighted by Crippen LogP contribution is -2.63. The molecule has 49 heavy (non-hydrogen) atoms. The topological polar surface area (TPSA) is 171 Å². The van der Waals surface area contributed by atoms with Crippen LogP contribution >= 0.6 is 0 Å². The quantitative estimate of drug-likeness (QED) is 0.159. The summed E-state index contributed by atoms with van der Waals surface area (Å²) in [6.45, 7) is 12.5. The monoisotopic (exact) mass is 705 g/mol. The summed E-state index contributed by atoms with van der Waals surface area (Å²) >= 11 is 0. The van der Waals surface area contributed by atoms with E-state index in [0.29, 0.717) is 25.7 Å². The minimum Gasteiger partial charge on any atom is -0.347 e. The second-order valence-electron chi connectivity index (χ2n) is 16.4. The van der Waals surface area contributed by atoms with Crippen molar-refractivity contribution < 1.29 is 32.4 Å². The van der Waals surface area contributed by atoms with Gasteiger partial charge >= 0.3 is 6.03 Å². The fourth-order valence-corrected chi connectivity index (χ4v) is 8.18. The molecule has 0 aromatic rings. The van der Waals surface area contributed by atoms with Gasteiger partial charge in [0.1, 0.15) is 12.1 Å². The highest BCUT2D eigenvalue weighted by molar-refractivity contribution is 7.92. The second-order valence-corrected chi connectivity index (χ2v) is 19.2. The first-order valence-corrected chi connectivity index (χ1v) is 19.6. The summed E-state index contributed by atoms with van der Waals surface area (Å²) < 4.78 is 25.6. The van der Waals surface area contributed by atoms with Crippen LogP contribution in [0.4, 0.5) is 4.79 Å². The molecule has 4 atom stereocenters. The Hall–Kier alpha value is -3.14. The maximum absolute atomic E-state index is 14.4. The van der Waals surface area contributed by atoms with E-state index in [1.807, 2.05) is 6.92 Å². The normalized spacial score (nSPS) is 22.3. The van der Waals surface area contributed by atoms with E-state index in [0.717, 1.165) is 38.5 Å². The molecule has 1 aliphatic heterocycles. The van der Waals surface area contributed by atoms with E-state index in [2.05, 4.69) is 27.2 Å². The fourth-order valence-electron chi connectivity index (χ4n) is 6.65. The number of hydrogen-bond donors (Lipinski definition) is 4. The molecule has 1 saturated heterocycles. The summed E-state index contributed by atoms with van der Waals surface area (Å²) in [5.41, 5.74) is -1.77. The minimum absolute atomic E-state index is 0.0126. The zero-order chi connectivity index (χ0) is 36.8. The van der Waals surface area contributed by atoms with Crippen molar-refractivity contribution in [2.75, 3.05) is 12.3 Å². The molecule has 3 aliphatic rings. The Morgan fingerprint density at radius 2 is 1.61 bits per heavy atom. The predicted octanol–water partition coefficient (Wildman–Crippen LogP) is 3.38. The Balaban J connectivity index is 1.84. The second kappa shape index (κ2) is 16.3. The molecule has 0 aromatic carbocycles. The van der Waals surface area contributed by atoms with Gasteiger partial charge in [-0.2, -0.15) is 0 Å². The number of rotatable bonds is 14. The van der Waals surface area contributed by atoms with Crippen molar-refractivity contribution in [2.45, 2.75) is 160 Å². The Labute approximate surface area is 293 Å². The number of unbranched alkanes of at least 4 members (excludes halogenated alkanes) is 1. The van der Waals surface area contributed by atoms with Gasteiger partial charge in [-0.3, -0.25) is 19.2 Å². The Kier molecular flexibility index (Phi) is 13.4. The van der Waals surface area contributed by atoms with Gasteiger partial charge in [0.05, 0.1) is 22.1 Å². The average Bonchev–Trinajstić information content (AvgIpc) is 3.71. The first kappa shape index (κ1) is 40.3. The number of terminal acetylenes is 1. The molecule has 276 valence electrons. The van der Waals surface area contributed by atoms with Crippen LogP contribution in [0.2, 0.25) is 0 Å². The van der Waals surface area contributed by atoms with Crippen LogP contribution in [0.3, 0.4) is 0 Å². The molecule has 13 heteroatoms. The molecule has 3 rings (SSSR count). The van der Waals surface area contributed by atoms with Crippen LogP contribution in [0.25, 0.3) is 0 Å². The van der Waals surface area contributed by atoms with Crippen LogP contribution in [-0.4, -0.2) is 89.6 Å². The van der Waals surface area contributed by atoms with Crippen LogP contribution in [0, 0.1) is 23.7 Å². The lowest BCUT2D eigenvalue weighted by Gasteiger charge is -2.41. The number of Topliss-reactive ketones (excluding diaryl/α,β-unsaturated/α-hetero) is 1. The van der Waals surface area contributed by atoms with Crippen LogP contribution in [0.1, 0.15) is 126 Å². The fraction of sp³-hybridized carbons (Fsp3) is 0.806. The van der Waals surface area contributed by atoms with Crippen molar-refractivity contribution in [1.29, 1.82) is 0 Å². The zero-order valence-corrected chi connectivity index (χ0v) is 31.4. The first-order valence-electron chi connectivity index (χ1n) is 17.9. The molecular formula is C36H59N5O7S. The maximum atomic E-state index is 14.4. The number of nitrogens with zero attached hydrogens (tertiary/aromatic N) is 1. The number of carbonyl (C=O) groups excluding carboxylic acids is 5. The smallest absolute Gasteiger partial charge is 0.315 e. The van der Waals surface area contributed by atoms with E-state index in [4.69, 9.17) is 6.42 Å². The molecule has 1 heterocycles. The van der Waals surface area contributed by atoms with Crippen molar-refractivity contribution in [3.8, 4) is 12.3 Å². The molecule has 0 unspecified atom stereocenters. The molecule has 4 N–H and O–H groups in total. The minimum atomic E-state index is -3.57. The van der Waals surface area contributed by atoms with Gasteiger partial charge < -0.3 is 26.2 Å². The maximum Gasteiger partial charge on any atom is 0.315 e. The Morgan fingerprint density at radius 3 is 2.14 bits per heavy atom. The third kappa shape index (κ3) is 10.9. The SMILES string of the molecule is C#CC[C@@H]1C[C@@H](C(=O)N[C@@H](CCCC)C(=O)C(=O)NC2CC2)N(C(=O)[C@@H](NC(=O)NC2(CS(=O)(=O)C(C)(C)C)CCCCC2)C(C)(C)C)C1. The summed E-state index contributed by atoms with van der Waals surface area (Å²) in [6.07, 6.45) is 13.0. The van der Waals surface area contributed by atoms with Crippen molar-refractivity contribution >= 4 is 39.4 Å². The van der Waals surface area contributed by atoms with Gasteiger partial charge in [-0.25, -0.2) is 13.2 Å². The molecule has 0 bridgehead atoms. The van der Waals surface area contributed by atoms with Gasteiger partial charge in [0.15, 0.2) is 9.84 Å². The standard InChI is InChI=1S/C36H59N5O7S/c1-9-11-16-26(28(42)31(44)37-25-17-18-25)38-30(43)27-21-24(15-10-2)22-41(27)32(45)29(34(3,4)5)39-33(46)40-36(19-13-12-14-20-36)23-49(47,48)35(6,7)8/h2,24-27,29H,9,11-23H2,1,3-8H3,(H,37,44)(H,38,43)(H2,39,40,46)/t24-,26+,27+,29-/m1/s1. The van der Waals surface area contributed by atoms with Gasteiger partial charge in [0.25, 0.3) is 5.91 Å². The highest BCUT2D eigenvalue weighted by Gasteiger charge is 2.47. The molecule has 12 nitrogen and oxygen atoms in total. The number of sulfone groups is 1. The molecule has 2 saturated carbocycles. The van der Waals surface area contributed by atoms with E-state index in [9.17, 15) is 32.4 Å². The summed E-state index contributed by atoms with van der Waals surface area (Å²) in [5.74, 6) is -0.228.